The number of nitrogens with one attached hydrogen (secondary N) is 1. The van der Waals surface area contributed by atoms with Crippen LogP contribution < -0.4 is 5.32 Å². The Morgan fingerprint density at radius 2 is 1.90 bits per heavy atom. The Hall–Kier alpha value is 0.0500. The summed E-state index contributed by atoms with van der Waals surface area (Å²) in [6, 6.07) is 0.0734. The molecule has 2 nitrogen and oxygen atoms in total. The molecule has 10 heavy (non-hydrogen) atoms. The summed E-state index contributed by atoms with van der Waals surface area (Å²) in [5.74, 6) is -0.356. The Morgan fingerprint density at radius 3 is 2.00 bits per heavy atom. The van der Waals surface area contributed by atoms with Gasteiger partial charge in [0, 0.05) is 6.04 Å². The average Bonchev–Trinajstić information content (AvgIpc) is 1.60. The zero-order valence-corrected chi connectivity index (χ0v) is 7.75. The molecule has 1 N–H and O–H groups in total. The van der Waals surface area contributed by atoms with E-state index in [4.69, 9.17) is 23.2 Å². The van der Waals surface area contributed by atoms with Crippen molar-refractivity contribution in [1.82, 2.24) is 5.32 Å². The molecule has 0 rings (SSSR count). The van der Waals surface area contributed by atoms with Gasteiger partial charge in [-0.15, -0.1) is 0 Å². The molecule has 0 radical (unpaired) electrons. The highest BCUT2D eigenvalue weighted by Gasteiger charge is 2.27. The van der Waals surface area contributed by atoms with Gasteiger partial charge in [0.2, 0.25) is 0 Å². The van der Waals surface area contributed by atoms with Gasteiger partial charge in [-0.3, -0.25) is 4.79 Å². The molecule has 0 aliphatic heterocycles. The van der Waals surface area contributed by atoms with Crippen molar-refractivity contribution in [2.24, 2.45) is 0 Å². The van der Waals surface area contributed by atoms with Gasteiger partial charge >= 0.3 is 0 Å². The molecular formula is C6H11Cl2NO. The number of amides is 1. The second-order valence-corrected chi connectivity index (χ2v) is 4.22. The third kappa shape index (κ3) is 3.96. The highest BCUT2D eigenvalue weighted by Crippen LogP contribution is 2.19. The molecule has 0 atom stereocenters. The summed E-state index contributed by atoms with van der Waals surface area (Å²) < 4.78 is -1.32. The van der Waals surface area contributed by atoms with E-state index >= 15 is 0 Å². The Bertz CT molecular complexity index is 128. The van der Waals surface area contributed by atoms with Gasteiger partial charge in [-0.25, -0.2) is 0 Å². The van der Waals surface area contributed by atoms with Gasteiger partial charge in [-0.1, -0.05) is 23.2 Å². The molecule has 0 unspecified atom stereocenters. The maximum absolute atomic E-state index is 10.9. The molecule has 0 fully saturated rings. The summed E-state index contributed by atoms with van der Waals surface area (Å²) in [6.45, 7) is 5.13. The summed E-state index contributed by atoms with van der Waals surface area (Å²) in [6.07, 6.45) is 0. The van der Waals surface area contributed by atoms with Crippen LogP contribution in [0.2, 0.25) is 0 Å². The van der Waals surface area contributed by atoms with Crippen molar-refractivity contribution < 1.29 is 4.79 Å². The molecular weight excluding hydrogens is 173 g/mol. The van der Waals surface area contributed by atoms with Crippen LogP contribution in [0.25, 0.3) is 0 Å². The fourth-order valence-corrected chi connectivity index (χ4v) is 0.498. The largest absolute Gasteiger partial charge is 0.351 e. The molecule has 60 valence electrons. The number of hydrogen-bond donors (Lipinski definition) is 1. The first kappa shape index (κ1) is 10.0. The van der Waals surface area contributed by atoms with E-state index in [1.54, 1.807) is 0 Å². The quantitative estimate of drug-likeness (QED) is 0.650. The van der Waals surface area contributed by atoms with Crippen molar-refractivity contribution in [2.75, 3.05) is 0 Å². The van der Waals surface area contributed by atoms with E-state index in [1.165, 1.54) is 6.92 Å². The van der Waals surface area contributed by atoms with Crippen LogP contribution in [0, 0.1) is 0 Å². The standard InChI is InChI=1S/C6H11Cl2NO/c1-4(2)9-5(10)6(3,7)8/h4H,1-3H3,(H,9,10). The lowest BCUT2D eigenvalue weighted by Gasteiger charge is -2.15. The van der Waals surface area contributed by atoms with Gasteiger partial charge in [0.1, 0.15) is 0 Å². The molecule has 0 saturated carbocycles. The smallest absolute Gasteiger partial charge is 0.256 e. The lowest BCUT2D eigenvalue weighted by molar-refractivity contribution is -0.121. The number of carbonyl (C=O) groups excluding carboxylic acids is 1. The molecule has 0 saturated heterocycles. The van der Waals surface area contributed by atoms with Gasteiger partial charge in [0.25, 0.3) is 5.91 Å². The van der Waals surface area contributed by atoms with Crippen molar-refractivity contribution in [1.29, 1.82) is 0 Å². The van der Waals surface area contributed by atoms with Crippen LogP contribution in [-0.2, 0) is 4.79 Å². The third-order valence-corrected chi connectivity index (χ3v) is 1.16. The minimum atomic E-state index is -1.32. The fraction of sp³-hybridized carbons (Fsp3) is 0.833. The Balaban J connectivity index is 3.87. The predicted octanol–water partition coefficient (Wildman–Crippen LogP) is 1.70. The molecule has 0 aliphatic rings. The van der Waals surface area contributed by atoms with Crippen LogP contribution in [-0.4, -0.2) is 16.3 Å². The van der Waals surface area contributed by atoms with Crippen LogP contribution >= 0.6 is 23.2 Å². The predicted molar refractivity (Wildman–Crippen MR) is 43.4 cm³/mol. The number of hydrogen-bond acceptors (Lipinski definition) is 1. The molecule has 0 bridgehead atoms. The van der Waals surface area contributed by atoms with Crippen molar-refractivity contribution in [3.05, 3.63) is 0 Å². The minimum Gasteiger partial charge on any atom is -0.351 e. The zero-order chi connectivity index (χ0) is 8.36. The maximum Gasteiger partial charge on any atom is 0.256 e. The summed E-state index contributed by atoms with van der Waals surface area (Å²) in [7, 11) is 0. The first-order valence-electron chi connectivity index (χ1n) is 3.03. The molecule has 1 amide bonds. The Morgan fingerprint density at radius 1 is 1.50 bits per heavy atom. The third-order valence-electron chi connectivity index (χ3n) is 0.818. The number of rotatable bonds is 2. The highest BCUT2D eigenvalue weighted by atomic mass is 35.5. The molecule has 0 spiro atoms. The SMILES string of the molecule is CC(C)NC(=O)C(C)(Cl)Cl. The molecule has 0 aromatic heterocycles. The lowest BCUT2D eigenvalue weighted by atomic mass is 10.3. The Kier molecular flexibility index (Phi) is 3.46. The normalized spacial score (nSPS) is 11.8. The monoisotopic (exact) mass is 183 g/mol. The summed E-state index contributed by atoms with van der Waals surface area (Å²) in [5.41, 5.74) is 0. The summed E-state index contributed by atoms with van der Waals surface area (Å²) in [4.78, 5) is 10.9. The summed E-state index contributed by atoms with van der Waals surface area (Å²) in [5, 5.41) is 2.58. The van der Waals surface area contributed by atoms with Crippen LogP contribution in [0.4, 0.5) is 0 Å². The van der Waals surface area contributed by atoms with Crippen LogP contribution in [0.5, 0.6) is 0 Å². The van der Waals surface area contributed by atoms with Crippen LogP contribution in [0.15, 0.2) is 0 Å². The molecule has 4 heteroatoms. The highest BCUT2D eigenvalue weighted by molar-refractivity contribution is 6.57. The average molecular weight is 184 g/mol. The number of carbonyl (C=O) groups is 1. The van der Waals surface area contributed by atoms with Gasteiger partial charge in [-0.2, -0.15) is 0 Å². The lowest BCUT2D eigenvalue weighted by Crippen LogP contribution is -2.40. The van der Waals surface area contributed by atoms with Gasteiger partial charge in [0.15, 0.2) is 4.33 Å². The second-order valence-electron chi connectivity index (χ2n) is 2.52. The van der Waals surface area contributed by atoms with Gasteiger partial charge < -0.3 is 5.32 Å². The van der Waals surface area contributed by atoms with Crippen molar-refractivity contribution in [2.45, 2.75) is 31.1 Å². The Labute approximate surface area is 70.9 Å². The van der Waals surface area contributed by atoms with Crippen LogP contribution in [0.1, 0.15) is 20.8 Å². The first-order valence-corrected chi connectivity index (χ1v) is 3.78. The van der Waals surface area contributed by atoms with E-state index in [0.717, 1.165) is 0 Å². The van der Waals surface area contributed by atoms with E-state index in [9.17, 15) is 4.79 Å². The fourth-order valence-electron chi connectivity index (χ4n) is 0.389. The molecule has 0 aromatic rings. The minimum absolute atomic E-state index is 0.0734. The van der Waals surface area contributed by atoms with Crippen LogP contribution in [0.3, 0.4) is 0 Å². The van der Waals surface area contributed by atoms with Gasteiger partial charge in [-0.05, 0) is 20.8 Å². The van der Waals surface area contributed by atoms with E-state index in [1.807, 2.05) is 13.8 Å². The van der Waals surface area contributed by atoms with Crippen molar-refractivity contribution >= 4 is 29.1 Å². The van der Waals surface area contributed by atoms with E-state index < -0.39 is 4.33 Å². The zero-order valence-electron chi connectivity index (χ0n) is 6.24. The maximum atomic E-state index is 10.9. The molecule has 0 aromatic carbocycles. The first-order chi connectivity index (χ1) is 4.34. The molecule has 0 heterocycles. The topological polar surface area (TPSA) is 29.1 Å². The van der Waals surface area contributed by atoms with Crippen molar-refractivity contribution in [3.8, 4) is 0 Å². The van der Waals surface area contributed by atoms with E-state index in [-0.39, 0.29) is 11.9 Å². The van der Waals surface area contributed by atoms with Gasteiger partial charge in [0.05, 0.1) is 0 Å². The summed E-state index contributed by atoms with van der Waals surface area (Å²) >= 11 is 11.0. The van der Waals surface area contributed by atoms with E-state index in [2.05, 4.69) is 5.32 Å². The van der Waals surface area contributed by atoms with E-state index in [0.29, 0.717) is 0 Å². The van der Waals surface area contributed by atoms with Crippen molar-refractivity contribution in [3.63, 3.8) is 0 Å². The molecule has 0 aliphatic carbocycles. The number of alkyl halides is 2. The number of halogens is 2. The second kappa shape index (κ2) is 3.44.